The molecule has 0 atom stereocenters. The monoisotopic (exact) mass is 400 g/mol. The third-order valence-electron chi connectivity index (χ3n) is 5.45. The molecule has 158 valence electrons. The topological polar surface area (TPSA) is 62.1 Å². The Hall–Kier alpha value is -2.38. The number of morpholine rings is 1. The van der Waals surface area contributed by atoms with Crippen molar-refractivity contribution in [2.45, 2.75) is 27.3 Å². The SMILES string of the molecule is CCN(CC)c1onc(-c2ccccc2)c1CN(CCN1CCOCC1)C(C)=O. The van der Waals surface area contributed by atoms with Crippen LogP contribution in [0.1, 0.15) is 26.3 Å². The number of amides is 1. The molecule has 0 saturated carbocycles. The molecule has 0 radical (unpaired) electrons. The third kappa shape index (κ3) is 5.36. The number of carbonyl (C=O) groups is 1. The van der Waals surface area contributed by atoms with Gasteiger partial charge in [-0.15, -0.1) is 0 Å². The van der Waals surface area contributed by atoms with Gasteiger partial charge in [-0.25, -0.2) is 0 Å². The summed E-state index contributed by atoms with van der Waals surface area (Å²) in [5, 5.41) is 4.38. The summed E-state index contributed by atoms with van der Waals surface area (Å²) in [5.41, 5.74) is 2.78. The molecule has 1 saturated heterocycles. The van der Waals surface area contributed by atoms with E-state index in [1.165, 1.54) is 0 Å². The van der Waals surface area contributed by atoms with Gasteiger partial charge < -0.3 is 19.1 Å². The van der Waals surface area contributed by atoms with Crippen LogP contribution in [-0.4, -0.2) is 73.3 Å². The molecule has 1 aromatic carbocycles. The number of ether oxygens (including phenoxy) is 1. The van der Waals surface area contributed by atoms with E-state index in [1.807, 2.05) is 35.2 Å². The first-order valence-electron chi connectivity index (χ1n) is 10.5. The number of anilines is 1. The Morgan fingerprint density at radius 1 is 1.14 bits per heavy atom. The van der Waals surface area contributed by atoms with Crippen molar-refractivity contribution < 1.29 is 14.1 Å². The molecule has 3 rings (SSSR count). The lowest BCUT2D eigenvalue weighted by Gasteiger charge is -2.30. The summed E-state index contributed by atoms with van der Waals surface area (Å²) in [6.45, 7) is 12.8. The first-order valence-corrected chi connectivity index (χ1v) is 10.5. The first kappa shape index (κ1) is 21.3. The molecule has 0 bridgehead atoms. The third-order valence-corrected chi connectivity index (χ3v) is 5.45. The molecule has 7 heteroatoms. The van der Waals surface area contributed by atoms with E-state index >= 15 is 0 Å². The Bertz CT molecular complexity index is 768. The molecule has 0 spiro atoms. The molecule has 0 aliphatic carbocycles. The predicted octanol–water partition coefficient (Wildman–Crippen LogP) is 2.87. The van der Waals surface area contributed by atoms with Gasteiger partial charge in [0.1, 0.15) is 5.69 Å². The van der Waals surface area contributed by atoms with Crippen molar-refractivity contribution in [2.24, 2.45) is 0 Å². The lowest BCUT2D eigenvalue weighted by atomic mass is 10.1. The van der Waals surface area contributed by atoms with Crippen LogP contribution < -0.4 is 4.90 Å². The highest BCUT2D eigenvalue weighted by Gasteiger charge is 2.24. The molecule has 0 unspecified atom stereocenters. The van der Waals surface area contributed by atoms with E-state index in [9.17, 15) is 4.79 Å². The predicted molar refractivity (Wildman–Crippen MR) is 114 cm³/mol. The Morgan fingerprint density at radius 3 is 2.45 bits per heavy atom. The largest absolute Gasteiger partial charge is 0.379 e. The maximum atomic E-state index is 12.4. The van der Waals surface area contributed by atoms with Crippen LogP contribution in [0.2, 0.25) is 0 Å². The van der Waals surface area contributed by atoms with Crippen molar-refractivity contribution in [3.05, 3.63) is 35.9 Å². The maximum absolute atomic E-state index is 12.4. The van der Waals surface area contributed by atoms with Crippen LogP contribution in [0.5, 0.6) is 0 Å². The van der Waals surface area contributed by atoms with Crippen LogP contribution in [-0.2, 0) is 16.1 Å². The molecule has 1 amide bonds. The number of nitrogens with zero attached hydrogens (tertiary/aromatic N) is 4. The molecular weight excluding hydrogens is 368 g/mol. The van der Waals surface area contributed by atoms with Gasteiger partial charge in [0.2, 0.25) is 11.8 Å². The minimum absolute atomic E-state index is 0.0592. The Morgan fingerprint density at radius 2 is 1.83 bits per heavy atom. The summed E-state index contributed by atoms with van der Waals surface area (Å²) in [7, 11) is 0. The van der Waals surface area contributed by atoms with Crippen LogP contribution in [0.4, 0.5) is 5.88 Å². The van der Waals surface area contributed by atoms with Crippen molar-refractivity contribution in [1.82, 2.24) is 15.0 Å². The van der Waals surface area contributed by atoms with E-state index in [-0.39, 0.29) is 5.91 Å². The van der Waals surface area contributed by atoms with E-state index in [2.05, 4.69) is 28.8 Å². The van der Waals surface area contributed by atoms with E-state index in [0.717, 1.165) is 68.6 Å². The van der Waals surface area contributed by atoms with E-state index < -0.39 is 0 Å². The summed E-state index contributed by atoms with van der Waals surface area (Å²) in [4.78, 5) is 18.8. The quantitative estimate of drug-likeness (QED) is 0.645. The fourth-order valence-electron chi connectivity index (χ4n) is 3.65. The highest BCUT2D eigenvalue weighted by molar-refractivity contribution is 5.75. The molecule has 7 nitrogen and oxygen atoms in total. The summed E-state index contributed by atoms with van der Waals surface area (Å²) in [6.07, 6.45) is 0. The summed E-state index contributed by atoms with van der Waals surface area (Å²) in [5.74, 6) is 0.815. The highest BCUT2D eigenvalue weighted by atomic mass is 16.5. The van der Waals surface area contributed by atoms with E-state index in [4.69, 9.17) is 9.26 Å². The number of rotatable bonds is 9. The lowest BCUT2D eigenvalue weighted by Crippen LogP contribution is -2.42. The molecule has 29 heavy (non-hydrogen) atoms. The van der Waals surface area contributed by atoms with Gasteiger partial charge in [-0.2, -0.15) is 0 Å². The summed E-state index contributed by atoms with van der Waals surface area (Å²) >= 11 is 0. The summed E-state index contributed by atoms with van der Waals surface area (Å²) < 4.78 is 11.2. The zero-order valence-electron chi connectivity index (χ0n) is 17.8. The second kappa shape index (κ2) is 10.4. The van der Waals surface area contributed by atoms with Gasteiger partial charge >= 0.3 is 0 Å². The second-order valence-corrected chi connectivity index (χ2v) is 7.25. The smallest absolute Gasteiger partial charge is 0.232 e. The number of aromatic nitrogens is 1. The van der Waals surface area contributed by atoms with Crippen LogP contribution >= 0.6 is 0 Å². The molecule has 2 heterocycles. The van der Waals surface area contributed by atoms with Gasteiger partial charge in [0, 0.05) is 51.8 Å². The zero-order valence-corrected chi connectivity index (χ0v) is 17.8. The number of hydrogen-bond acceptors (Lipinski definition) is 6. The molecule has 1 aromatic heterocycles. The molecular formula is C22H32N4O3. The van der Waals surface area contributed by atoms with Crippen LogP contribution in [0, 0.1) is 0 Å². The number of carbonyl (C=O) groups excluding carboxylic acids is 1. The lowest BCUT2D eigenvalue weighted by molar-refractivity contribution is -0.129. The molecule has 1 aliphatic heterocycles. The molecule has 1 fully saturated rings. The van der Waals surface area contributed by atoms with Crippen LogP contribution in [0.25, 0.3) is 11.3 Å². The zero-order chi connectivity index (χ0) is 20.6. The van der Waals surface area contributed by atoms with Crippen LogP contribution in [0.15, 0.2) is 34.9 Å². The van der Waals surface area contributed by atoms with Gasteiger partial charge in [-0.1, -0.05) is 35.5 Å². The minimum Gasteiger partial charge on any atom is -0.379 e. The average Bonchev–Trinajstić information content (AvgIpc) is 3.16. The molecule has 0 N–H and O–H groups in total. The van der Waals surface area contributed by atoms with Gasteiger partial charge in [0.05, 0.1) is 25.3 Å². The van der Waals surface area contributed by atoms with Gasteiger partial charge in [-0.3, -0.25) is 9.69 Å². The minimum atomic E-state index is 0.0592. The maximum Gasteiger partial charge on any atom is 0.232 e. The Balaban J connectivity index is 1.85. The molecule has 1 aliphatic rings. The number of hydrogen-bond donors (Lipinski definition) is 0. The fraction of sp³-hybridized carbons (Fsp3) is 0.545. The number of benzene rings is 1. The fourth-order valence-corrected chi connectivity index (χ4v) is 3.65. The van der Waals surface area contributed by atoms with Gasteiger partial charge in [-0.05, 0) is 13.8 Å². The van der Waals surface area contributed by atoms with Gasteiger partial charge in [0.25, 0.3) is 0 Å². The van der Waals surface area contributed by atoms with Crippen molar-refractivity contribution in [3.63, 3.8) is 0 Å². The summed E-state index contributed by atoms with van der Waals surface area (Å²) in [6, 6.07) is 10.0. The Kier molecular flexibility index (Phi) is 7.66. The highest BCUT2D eigenvalue weighted by Crippen LogP contribution is 2.32. The average molecular weight is 401 g/mol. The van der Waals surface area contributed by atoms with Crippen LogP contribution in [0.3, 0.4) is 0 Å². The van der Waals surface area contributed by atoms with Gasteiger partial charge in [0.15, 0.2) is 0 Å². The van der Waals surface area contributed by atoms with Crippen molar-refractivity contribution >= 4 is 11.8 Å². The standard InChI is InChI=1S/C22H32N4O3/c1-4-25(5-2)22-20(21(23-29-22)19-9-7-6-8-10-19)17-26(18(3)27)12-11-24-13-15-28-16-14-24/h6-10H,4-5,11-17H2,1-3H3. The molecule has 2 aromatic rings. The van der Waals surface area contributed by atoms with Crippen molar-refractivity contribution in [3.8, 4) is 11.3 Å². The Labute approximate surface area is 173 Å². The van der Waals surface area contributed by atoms with Crippen molar-refractivity contribution in [2.75, 3.05) is 57.4 Å². The first-order chi connectivity index (χ1) is 14.1. The van der Waals surface area contributed by atoms with E-state index in [1.54, 1.807) is 6.92 Å². The second-order valence-electron chi connectivity index (χ2n) is 7.25. The van der Waals surface area contributed by atoms with Crippen molar-refractivity contribution in [1.29, 1.82) is 0 Å². The van der Waals surface area contributed by atoms with E-state index in [0.29, 0.717) is 13.1 Å². The normalized spacial score (nSPS) is 14.7.